The highest BCUT2D eigenvalue weighted by molar-refractivity contribution is 5.96. The van der Waals surface area contributed by atoms with Crippen molar-refractivity contribution < 1.29 is 19.0 Å². The Morgan fingerprint density at radius 3 is 2.69 bits per heavy atom. The van der Waals surface area contributed by atoms with E-state index in [0.29, 0.717) is 18.1 Å². The Morgan fingerprint density at radius 2 is 1.86 bits per heavy atom. The molecule has 0 bridgehead atoms. The SMILES string of the molecule is Cc1ccc(C)c(OC2=COC3CC(OCc4ccccc4C)CCC3C2=O)c1. The predicted molar refractivity (Wildman–Crippen MR) is 112 cm³/mol. The van der Waals surface area contributed by atoms with Crippen LogP contribution < -0.4 is 4.74 Å². The lowest BCUT2D eigenvalue weighted by atomic mass is 9.80. The first-order valence-electron chi connectivity index (χ1n) is 10.3. The van der Waals surface area contributed by atoms with Crippen molar-refractivity contribution >= 4 is 5.78 Å². The van der Waals surface area contributed by atoms with E-state index in [2.05, 4.69) is 19.1 Å². The van der Waals surface area contributed by atoms with Crippen molar-refractivity contribution in [1.82, 2.24) is 0 Å². The van der Waals surface area contributed by atoms with Crippen molar-refractivity contribution in [1.29, 1.82) is 0 Å². The molecule has 1 saturated carbocycles. The van der Waals surface area contributed by atoms with Gasteiger partial charge in [-0.1, -0.05) is 36.4 Å². The van der Waals surface area contributed by atoms with Crippen LogP contribution in [0.15, 0.2) is 54.5 Å². The average Bonchev–Trinajstić information content (AvgIpc) is 2.72. The van der Waals surface area contributed by atoms with Crippen molar-refractivity contribution in [2.75, 3.05) is 0 Å². The van der Waals surface area contributed by atoms with Crippen LogP contribution in [0.5, 0.6) is 5.75 Å². The molecule has 0 N–H and O–H groups in total. The van der Waals surface area contributed by atoms with Gasteiger partial charge in [0.15, 0.2) is 0 Å². The summed E-state index contributed by atoms with van der Waals surface area (Å²) >= 11 is 0. The van der Waals surface area contributed by atoms with Gasteiger partial charge >= 0.3 is 0 Å². The molecule has 1 heterocycles. The number of carbonyl (C=O) groups excluding carboxylic acids is 1. The molecule has 0 amide bonds. The van der Waals surface area contributed by atoms with Crippen LogP contribution in [0.4, 0.5) is 0 Å². The fraction of sp³-hybridized carbons (Fsp3) is 0.400. The number of rotatable bonds is 5. The summed E-state index contributed by atoms with van der Waals surface area (Å²) in [5, 5.41) is 0. The van der Waals surface area contributed by atoms with Gasteiger partial charge in [0.25, 0.3) is 0 Å². The van der Waals surface area contributed by atoms with Crippen molar-refractivity contribution in [3.63, 3.8) is 0 Å². The molecule has 2 aromatic carbocycles. The van der Waals surface area contributed by atoms with Gasteiger partial charge in [-0.3, -0.25) is 4.79 Å². The van der Waals surface area contributed by atoms with Crippen LogP contribution in [-0.4, -0.2) is 18.0 Å². The Balaban J connectivity index is 1.38. The maximum absolute atomic E-state index is 13.0. The zero-order chi connectivity index (χ0) is 20.4. The molecule has 1 fully saturated rings. The lowest BCUT2D eigenvalue weighted by Crippen LogP contribution is -2.42. The Kier molecular flexibility index (Phi) is 5.72. The fourth-order valence-corrected chi connectivity index (χ4v) is 4.07. The molecule has 2 aliphatic rings. The number of benzene rings is 2. The smallest absolute Gasteiger partial charge is 0.207 e. The first kappa shape index (κ1) is 19.7. The first-order chi connectivity index (χ1) is 14.0. The normalized spacial score (nSPS) is 23.8. The third-order valence-corrected chi connectivity index (χ3v) is 5.97. The molecule has 4 rings (SSSR count). The summed E-state index contributed by atoms with van der Waals surface area (Å²) in [4.78, 5) is 13.0. The van der Waals surface area contributed by atoms with E-state index < -0.39 is 0 Å². The van der Waals surface area contributed by atoms with Gasteiger partial charge in [0.1, 0.15) is 18.1 Å². The summed E-state index contributed by atoms with van der Waals surface area (Å²) in [7, 11) is 0. The van der Waals surface area contributed by atoms with Gasteiger partial charge in [-0.15, -0.1) is 0 Å². The van der Waals surface area contributed by atoms with Gasteiger partial charge in [0.2, 0.25) is 11.5 Å². The minimum Gasteiger partial charge on any atom is -0.493 e. The van der Waals surface area contributed by atoms with E-state index >= 15 is 0 Å². The summed E-state index contributed by atoms with van der Waals surface area (Å²) in [5.41, 5.74) is 4.54. The van der Waals surface area contributed by atoms with E-state index in [0.717, 1.165) is 30.4 Å². The third-order valence-electron chi connectivity index (χ3n) is 5.97. The second kappa shape index (κ2) is 8.42. The summed E-state index contributed by atoms with van der Waals surface area (Å²) in [6.07, 6.45) is 3.82. The van der Waals surface area contributed by atoms with Crippen molar-refractivity contribution in [2.24, 2.45) is 5.92 Å². The number of aryl methyl sites for hydroxylation is 3. The van der Waals surface area contributed by atoms with Crippen LogP contribution in [0.3, 0.4) is 0 Å². The highest BCUT2D eigenvalue weighted by atomic mass is 16.5. The molecule has 2 aromatic rings. The number of allylic oxidation sites excluding steroid dienone is 1. The number of Topliss-reactive ketones (excluding diaryl/α,β-unsaturated/α-hetero) is 1. The summed E-state index contributed by atoms with van der Waals surface area (Å²) in [6, 6.07) is 14.3. The summed E-state index contributed by atoms with van der Waals surface area (Å²) in [5.74, 6) is 0.902. The molecule has 0 radical (unpaired) electrons. The van der Waals surface area contributed by atoms with E-state index in [1.165, 1.54) is 17.4 Å². The second-order valence-electron chi connectivity index (χ2n) is 8.17. The number of ether oxygens (including phenoxy) is 3. The van der Waals surface area contributed by atoms with E-state index in [1.807, 2.05) is 44.2 Å². The van der Waals surface area contributed by atoms with Gasteiger partial charge < -0.3 is 14.2 Å². The number of ketones is 1. The lowest BCUT2D eigenvalue weighted by Gasteiger charge is -2.37. The number of carbonyl (C=O) groups is 1. The monoisotopic (exact) mass is 392 g/mol. The van der Waals surface area contributed by atoms with Gasteiger partial charge in [-0.05, 0) is 61.9 Å². The van der Waals surface area contributed by atoms with Crippen LogP contribution in [0.25, 0.3) is 0 Å². The van der Waals surface area contributed by atoms with Crippen molar-refractivity contribution in [2.45, 2.75) is 58.8 Å². The maximum atomic E-state index is 13.0. The highest BCUT2D eigenvalue weighted by Gasteiger charge is 2.41. The Hall–Kier alpha value is -2.59. The molecule has 1 aliphatic carbocycles. The van der Waals surface area contributed by atoms with Gasteiger partial charge in [0, 0.05) is 6.42 Å². The number of hydrogen-bond donors (Lipinski definition) is 0. The predicted octanol–water partition coefficient (Wildman–Crippen LogP) is 5.19. The standard InChI is InChI=1S/C25H28O4/c1-16-8-9-18(3)22(12-16)29-24-15-28-23-13-20(10-11-21(23)25(24)26)27-14-19-7-5-4-6-17(19)2/h4-9,12,15,20-21,23H,10-11,13-14H2,1-3H3. The van der Waals surface area contributed by atoms with Crippen LogP contribution >= 0.6 is 0 Å². The van der Waals surface area contributed by atoms with E-state index in [-0.39, 0.29) is 23.9 Å². The van der Waals surface area contributed by atoms with Crippen molar-refractivity contribution in [3.8, 4) is 5.75 Å². The van der Waals surface area contributed by atoms with E-state index in [1.54, 1.807) is 0 Å². The van der Waals surface area contributed by atoms with Gasteiger partial charge in [-0.2, -0.15) is 0 Å². The van der Waals surface area contributed by atoms with Gasteiger partial charge in [-0.25, -0.2) is 0 Å². The average molecular weight is 392 g/mol. The Labute approximate surface area is 172 Å². The molecular weight excluding hydrogens is 364 g/mol. The molecule has 4 heteroatoms. The maximum Gasteiger partial charge on any atom is 0.207 e. The highest BCUT2D eigenvalue weighted by Crippen LogP contribution is 2.36. The lowest BCUT2D eigenvalue weighted by molar-refractivity contribution is -0.134. The first-order valence-corrected chi connectivity index (χ1v) is 10.3. The van der Waals surface area contributed by atoms with Crippen LogP contribution in [-0.2, 0) is 20.9 Å². The molecule has 4 nitrogen and oxygen atoms in total. The zero-order valence-corrected chi connectivity index (χ0v) is 17.3. The van der Waals surface area contributed by atoms with Crippen LogP contribution in [0.2, 0.25) is 0 Å². The summed E-state index contributed by atoms with van der Waals surface area (Å²) < 4.78 is 18.0. The molecular formula is C25H28O4. The number of hydrogen-bond acceptors (Lipinski definition) is 4. The number of fused-ring (bicyclic) bond motifs is 1. The summed E-state index contributed by atoms with van der Waals surface area (Å²) in [6.45, 7) is 6.68. The van der Waals surface area contributed by atoms with E-state index in [4.69, 9.17) is 14.2 Å². The Bertz CT molecular complexity index is 930. The molecule has 0 saturated heterocycles. The van der Waals surface area contributed by atoms with Gasteiger partial charge in [0.05, 0.1) is 18.6 Å². The van der Waals surface area contributed by atoms with Crippen molar-refractivity contribution in [3.05, 3.63) is 76.7 Å². The molecule has 0 spiro atoms. The minimum atomic E-state index is -0.154. The zero-order valence-electron chi connectivity index (χ0n) is 17.3. The molecule has 0 aromatic heterocycles. The molecule has 3 atom stereocenters. The molecule has 1 aliphatic heterocycles. The molecule has 3 unspecified atom stereocenters. The fourth-order valence-electron chi connectivity index (χ4n) is 4.07. The molecule has 152 valence electrons. The Morgan fingerprint density at radius 1 is 1.03 bits per heavy atom. The largest absolute Gasteiger partial charge is 0.493 e. The minimum absolute atomic E-state index is 0.0412. The second-order valence-corrected chi connectivity index (χ2v) is 8.17. The quantitative estimate of drug-likeness (QED) is 0.703. The van der Waals surface area contributed by atoms with Crippen LogP contribution in [0.1, 0.15) is 41.5 Å². The topological polar surface area (TPSA) is 44.8 Å². The van der Waals surface area contributed by atoms with Crippen LogP contribution in [0, 0.1) is 26.7 Å². The third kappa shape index (κ3) is 4.38. The van der Waals surface area contributed by atoms with E-state index in [9.17, 15) is 4.79 Å². The molecule has 29 heavy (non-hydrogen) atoms.